The van der Waals surface area contributed by atoms with Crippen LogP contribution in [0.5, 0.6) is 0 Å². The first kappa shape index (κ1) is 15.5. The number of nitrogens with zero attached hydrogens (tertiary/aromatic N) is 2. The van der Waals surface area contributed by atoms with Gasteiger partial charge in [-0.3, -0.25) is 14.6 Å². The number of aromatic nitrogens is 1. The van der Waals surface area contributed by atoms with E-state index in [0.717, 1.165) is 22.9 Å². The van der Waals surface area contributed by atoms with Crippen molar-refractivity contribution in [2.45, 2.75) is 32.2 Å². The molecule has 120 valence electrons. The van der Waals surface area contributed by atoms with Crippen LogP contribution in [0.4, 0.5) is 0 Å². The van der Waals surface area contributed by atoms with E-state index < -0.39 is 11.9 Å². The lowest BCUT2D eigenvalue weighted by Crippen LogP contribution is -2.49. The SMILES string of the molecule is C[C@@H]1[C@H](C(=O)O)CCCN1C(=O)Cc1cnc2ccccc2c1. The lowest BCUT2D eigenvalue weighted by Gasteiger charge is -2.37. The van der Waals surface area contributed by atoms with Gasteiger partial charge in [-0.1, -0.05) is 18.2 Å². The van der Waals surface area contributed by atoms with E-state index in [2.05, 4.69) is 4.98 Å². The summed E-state index contributed by atoms with van der Waals surface area (Å²) in [5.41, 5.74) is 1.76. The molecule has 0 bridgehead atoms. The van der Waals surface area contributed by atoms with E-state index in [0.29, 0.717) is 13.0 Å². The maximum absolute atomic E-state index is 12.6. The summed E-state index contributed by atoms with van der Waals surface area (Å²) in [5, 5.41) is 10.3. The Kier molecular flexibility index (Phi) is 4.28. The molecule has 0 aliphatic carbocycles. The molecular formula is C18H20N2O3. The summed E-state index contributed by atoms with van der Waals surface area (Å²) in [6, 6.07) is 9.50. The van der Waals surface area contributed by atoms with Crippen LogP contribution in [-0.2, 0) is 16.0 Å². The summed E-state index contributed by atoms with van der Waals surface area (Å²) < 4.78 is 0. The first-order valence-corrected chi connectivity index (χ1v) is 7.92. The van der Waals surface area contributed by atoms with E-state index in [1.54, 1.807) is 11.1 Å². The molecule has 1 aliphatic rings. The molecule has 1 saturated heterocycles. The van der Waals surface area contributed by atoms with Gasteiger partial charge in [0.15, 0.2) is 0 Å². The number of fused-ring (bicyclic) bond motifs is 1. The predicted molar refractivity (Wildman–Crippen MR) is 87.0 cm³/mol. The third-order valence-electron chi connectivity index (χ3n) is 4.63. The number of aliphatic carboxylic acids is 1. The minimum Gasteiger partial charge on any atom is -0.481 e. The second-order valence-electron chi connectivity index (χ2n) is 6.13. The molecule has 2 aromatic rings. The Morgan fingerprint density at radius 3 is 2.91 bits per heavy atom. The van der Waals surface area contributed by atoms with Crippen LogP contribution >= 0.6 is 0 Å². The molecule has 2 atom stereocenters. The summed E-state index contributed by atoms with van der Waals surface area (Å²) in [6.45, 7) is 2.46. The van der Waals surface area contributed by atoms with Crippen LogP contribution in [0.2, 0.25) is 0 Å². The number of likely N-dealkylation sites (tertiary alicyclic amines) is 1. The number of pyridine rings is 1. The number of para-hydroxylation sites is 1. The van der Waals surface area contributed by atoms with Gasteiger partial charge in [-0.05, 0) is 37.5 Å². The fraction of sp³-hybridized carbons (Fsp3) is 0.389. The van der Waals surface area contributed by atoms with Gasteiger partial charge in [0.2, 0.25) is 5.91 Å². The van der Waals surface area contributed by atoms with Crippen LogP contribution in [0.25, 0.3) is 10.9 Å². The van der Waals surface area contributed by atoms with Crippen LogP contribution < -0.4 is 0 Å². The second kappa shape index (κ2) is 6.36. The number of hydrogen-bond acceptors (Lipinski definition) is 3. The number of carboxylic acids is 1. The minimum atomic E-state index is -0.817. The molecule has 5 heteroatoms. The van der Waals surface area contributed by atoms with Crippen molar-refractivity contribution in [2.75, 3.05) is 6.54 Å². The predicted octanol–water partition coefficient (Wildman–Crippen LogP) is 2.49. The number of carboxylic acid groups (broad SMARTS) is 1. The van der Waals surface area contributed by atoms with Crippen LogP contribution in [0.3, 0.4) is 0 Å². The van der Waals surface area contributed by atoms with Crippen molar-refractivity contribution in [1.29, 1.82) is 0 Å². The van der Waals surface area contributed by atoms with Crippen molar-refractivity contribution in [3.8, 4) is 0 Å². The zero-order valence-corrected chi connectivity index (χ0v) is 13.1. The largest absolute Gasteiger partial charge is 0.481 e. The third kappa shape index (κ3) is 3.18. The standard InChI is InChI=1S/C18H20N2O3/c1-12-15(18(22)23)6-4-8-20(12)17(21)10-13-9-14-5-2-3-7-16(14)19-11-13/h2-3,5,7,9,11-12,15H,4,6,8,10H2,1H3,(H,22,23)/t12-,15-/m1/s1. The topological polar surface area (TPSA) is 70.5 Å². The highest BCUT2D eigenvalue weighted by Gasteiger charge is 2.35. The number of amides is 1. The van der Waals surface area contributed by atoms with E-state index in [4.69, 9.17) is 0 Å². The lowest BCUT2D eigenvalue weighted by atomic mass is 9.90. The number of piperidine rings is 1. The minimum absolute atomic E-state index is 0.0273. The highest BCUT2D eigenvalue weighted by atomic mass is 16.4. The van der Waals surface area contributed by atoms with Crippen molar-refractivity contribution < 1.29 is 14.7 Å². The molecular weight excluding hydrogens is 292 g/mol. The molecule has 1 aromatic carbocycles. The Balaban J connectivity index is 1.75. The number of rotatable bonds is 3. The van der Waals surface area contributed by atoms with Crippen LogP contribution in [0.15, 0.2) is 36.5 Å². The average Bonchev–Trinajstić information content (AvgIpc) is 2.54. The van der Waals surface area contributed by atoms with Gasteiger partial charge in [-0.2, -0.15) is 0 Å². The molecule has 1 aliphatic heterocycles. The van der Waals surface area contributed by atoms with Gasteiger partial charge in [0, 0.05) is 24.2 Å². The zero-order valence-electron chi connectivity index (χ0n) is 13.1. The molecule has 1 amide bonds. The van der Waals surface area contributed by atoms with Gasteiger partial charge in [0.1, 0.15) is 0 Å². The number of carbonyl (C=O) groups is 2. The van der Waals surface area contributed by atoms with Crippen molar-refractivity contribution in [1.82, 2.24) is 9.88 Å². The summed E-state index contributed by atoms with van der Waals surface area (Å²) in [7, 11) is 0. The van der Waals surface area contributed by atoms with Gasteiger partial charge < -0.3 is 10.0 Å². The Morgan fingerprint density at radius 1 is 1.35 bits per heavy atom. The molecule has 2 heterocycles. The average molecular weight is 312 g/mol. The summed E-state index contributed by atoms with van der Waals surface area (Å²) in [6.07, 6.45) is 3.36. The normalized spacial score (nSPS) is 21.3. The molecule has 1 aromatic heterocycles. The lowest BCUT2D eigenvalue weighted by molar-refractivity contribution is -0.148. The monoisotopic (exact) mass is 312 g/mol. The number of hydrogen-bond donors (Lipinski definition) is 1. The smallest absolute Gasteiger partial charge is 0.308 e. The van der Waals surface area contributed by atoms with Gasteiger partial charge in [0.25, 0.3) is 0 Å². The summed E-state index contributed by atoms with van der Waals surface area (Å²) in [5.74, 6) is -1.31. The first-order chi connectivity index (χ1) is 11.1. The van der Waals surface area contributed by atoms with Crippen LogP contribution in [-0.4, -0.2) is 39.5 Å². The molecule has 0 spiro atoms. The summed E-state index contributed by atoms with van der Waals surface area (Å²) >= 11 is 0. The van der Waals surface area contributed by atoms with E-state index in [1.165, 1.54) is 0 Å². The quantitative estimate of drug-likeness (QED) is 0.945. The highest BCUT2D eigenvalue weighted by molar-refractivity contribution is 5.83. The molecule has 23 heavy (non-hydrogen) atoms. The Morgan fingerprint density at radius 2 is 2.13 bits per heavy atom. The first-order valence-electron chi connectivity index (χ1n) is 7.92. The van der Waals surface area contributed by atoms with Crippen molar-refractivity contribution in [2.24, 2.45) is 5.92 Å². The maximum Gasteiger partial charge on any atom is 0.308 e. The molecule has 3 rings (SSSR count). The number of carbonyl (C=O) groups excluding carboxylic acids is 1. The van der Waals surface area contributed by atoms with E-state index >= 15 is 0 Å². The van der Waals surface area contributed by atoms with E-state index in [1.807, 2.05) is 37.3 Å². The molecule has 1 N–H and O–H groups in total. The van der Waals surface area contributed by atoms with E-state index in [9.17, 15) is 14.7 Å². The van der Waals surface area contributed by atoms with Gasteiger partial charge in [-0.25, -0.2) is 0 Å². The summed E-state index contributed by atoms with van der Waals surface area (Å²) in [4.78, 5) is 30.0. The Bertz CT molecular complexity index is 744. The molecule has 5 nitrogen and oxygen atoms in total. The van der Waals surface area contributed by atoms with E-state index in [-0.39, 0.29) is 18.4 Å². The van der Waals surface area contributed by atoms with Crippen molar-refractivity contribution in [3.63, 3.8) is 0 Å². The van der Waals surface area contributed by atoms with Crippen molar-refractivity contribution >= 4 is 22.8 Å². The van der Waals surface area contributed by atoms with Gasteiger partial charge in [0.05, 0.1) is 17.9 Å². The highest BCUT2D eigenvalue weighted by Crippen LogP contribution is 2.24. The maximum atomic E-state index is 12.6. The van der Waals surface area contributed by atoms with Crippen LogP contribution in [0, 0.1) is 5.92 Å². The number of benzene rings is 1. The third-order valence-corrected chi connectivity index (χ3v) is 4.63. The fourth-order valence-electron chi connectivity index (χ4n) is 3.31. The molecule has 0 unspecified atom stereocenters. The zero-order chi connectivity index (χ0) is 16.4. The van der Waals surface area contributed by atoms with Crippen molar-refractivity contribution in [3.05, 3.63) is 42.1 Å². The van der Waals surface area contributed by atoms with Crippen LogP contribution in [0.1, 0.15) is 25.3 Å². The molecule has 0 radical (unpaired) electrons. The second-order valence-corrected chi connectivity index (χ2v) is 6.13. The van der Waals surface area contributed by atoms with Gasteiger partial charge >= 0.3 is 5.97 Å². The molecule has 1 fully saturated rings. The fourth-order valence-corrected chi connectivity index (χ4v) is 3.31. The Labute approximate surface area is 134 Å². The Hall–Kier alpha value is -2.43. The van der Waals surface area contributed by atoms with Gasteiger partial charge in [-0.15, -0.1) is 0 Å². The molecule has 0 saturated carbocycles.